The van der Waals surface area contributed by atoms with E-state index >= 15 is 0 Å². The van der Waals surface area contributed by atoms with Crippen molar-refractivity contribution in [2.45, 2.75) is 11.6 Å². The van der Waals surface area contributed by atoms with Crippen molar-refractivity contribution in [3.05, 3.63) is 29.4 Å². The van der Waals surface area contributed by atoms with E-state index in [0.717, 1.165) is 26.5 Å². The van der Waals surface area contributed by atoms with E-state index in [2.05, 4.69) is 35.7 Å². The molecular formula is C13H12BrN5O2S. The molecule has 0 aliphatic carbocycles. The van der Waals surface area contributed by atoms with Crippen LogP contribution in [0.15, 0.2) is 34.4 Å². The number of hydrogen-bond acceptors (Lipinski definition) is 6. The van der Waals surface area contributed by atoms with Crippen LogP contribution in [-0.2, 0) is 16.1 Å². The van der Waals surface area contributed by atoms with E-state index in [-0.39, 0.29) is 12.5 Å². The SMILES string of the molecule is COC(=O)Cn1cc(-c2cnc3c(SC)nc(Br)cn23)cn1. The largest absolute Gasteiger partial charge is 0.468 e. The van der Waals surface area contributed by atoms with Gasteiger partial charge in [-0.2, -0.15) is 5.10 Å². The van der Waals surface area contributed by atoms with Gasteiger partial charge in [-0.1, -0.05) is 0 Å². The average Bonchev–Trinajstić information content (AvgIpc) is 3.12. The molecule has 3 aromatic heterocycles. The molecule has 9 heteroatoms. The highest BCUT2D eigenvalue weighted by atomic mass is 79.9. The zero-order valence-corrected chi connectivity index (χ0v) is 14.3. The van der Waals surface area contributed by atoms with E-state index < -0.39 is 0 Å². The average molecular weight is 382 g/mol. The molecule has 0 saturated carbocycles. The third kappa shape index (κ3) is 2.73. The second-order valence-corrected chi connectivity index (χ2v) is 6.02. The lowest BCUT2D eigenvalue weighted by Crippen LogP contribution is -2.11. The number of thioether (sulfide) groups is 1. The first-order valence-corrected chi connectivity index (χ1v) is 8.31. The summed E-state index contributed by atoms with van der Waals surface area (Å²) in [6.45, 7) is 0.0779. The number of halogens is 1. The van der Waals surface area contributed by atoms with Gasteiger partial charge in [-0.05, 0) is 22.2 Å². The zero-order valence-electron chi connectivity index (χ0n) is 11.9. The molecular weight excluding hydrogens is 370 g/mol. The van der Waals surface area contributed by atoms with E-state index in [4.69, 9.17) is 0 Å². The van der Waals surface area contributed by atoms with Crippen molar-refractivity contribution in [1.82, 2.24) is 24.1 Å². The number of ether oxygens (including phenoxy) is 1. The number of methoxy groups -OCH3 is 1. The van der Waals surface area contributed by atoms with Gasteiger partial charge in [-0.15, -0.1) is 11.8 Å². The Balaban J connectivity index is 2.04. The highest BCUT2D eigenvalue weighted by molar-refractivity contribution is 9.10. The summed E-state index contributed by atoms with van der Waals surface area (Å²) in [5, 5.41) is 5.01. The molecule has 0 amide bonds. The van der Waals surface area contributed by atoms with E-state index in [1.807, 2.05) is 16.9 Å². The Morgan fingerprint density at radius 1 is 1.41 bits per heavy atom. The smallest absolute Gasteiger partial charge is 0.327 e. The van der Waals surface area contributed by atoms with Crippen LogP contribution in [0, 0.1) is 0 Å². The first-order valence-electron chi connectivity index (χ1n) is 6.29. The summed E-state index contributed by atoms with van der Waals surface area (Å²) in [6.07, 6.45) is 9.06. The molecule has 0 spiro atoms. The topological polar surface area (TPSA) is 74.3 Å². The van der Waals surface area contributed by atoms with Gasteiger partial charge >= 0.3 is 5.97 Å². The van der Waals surface area contributed by atoms with Crippen molar-refractivity contribution in [2.75, 3.05) is 13.4 Å². The lowest BCUT2D eigenvalue weighted by Gasteiger charge is -2.03. The quantitative estimate of drug-likeness (QED) is 0.509. The van der Waals surface area contributed by atoms with Crippen LogP contribution >= 0.6 is 27.7 Å². The minimum atomic E-state index is -0.343. The van der Waals surface area contributed by atoms with Crippen molar-refractivity contribution >= 4 is 39.3 Å². The second kappa shape index (κ2) is 6.09. The molecule has 0 saturated heterocycles. The third-order valence-electron chi connectivity index (χ3n) is 3.07. The monoisotopic (exact) mass is 381 g/mol. The molecule has 0 aliphatic rings. The maximum absolute atomic E-state index is 11.3. The van der Waals surface area contributed by atoms with Gasteiger partial charge < -0.3 is 4.74 Å². The number of hydrogen-bond donors (Lipinski definition) is 0. The maximum Gasteiger partial charge on any atom is 0.327 e. The molecule has 0 unspecified atom stereocenters. The first kappa shape index (κ1) is 15.0. The fraction of sp³-hybridized carbons (Fsp3) is 0.231. The highest BCUT2D eigenvalue weighted by Crippen LogP contribution is 2.26. The van der Waals surface area contributed by atoms with Crippen molar-refractivity contribution < 1.29 is 9.53 Å². The van der Waals surface area contributed by atoms with Crippen LogP contribution in [0.1, 0.15) is 0 Å². The number of aromatic nitrogens is 5. The zero-order chi connectivity index (χ0) is 15.7. The van der Waals surface area contributed by atoms with E-state index in [1.54, 1.807) is 18.6 Å². The predicted molar refractivity (Wildman–Crippen MR) is 85.7 cm³/mol. The van der Waals surface area contributed by atoms with Gasteiger partial charge in [0.05, 0.1) is 25.2 Å². The van der Waals surface area contributed by atoms with Crippen LogP contribution < -0.4 is 0 Å². The fourth-order valence-electron chi connectivity index (χ4n) is 2.06. The molecule has 0 atom stereocenters. The Bertz CT molecular complexity index is 844. The van der Waals surface area contributed by atoms with Crippen molar-refractivity contribution in [1.29, 1.82) is 0 Å². The van der Waals surface area contributed by atoms with E-state index in [9.17, 15) is 4.79 Å². The lowest BCUT2D eigenvalue weighted by atomic mass is 10.3. The van der Waals surface area contributed by atoms with E-state index in [1.165, 1.54) is 23.6 Å². The molecule has 3 aromatic rings. The molecule has 3 heterocycles. The molecule has 0 fully saturated rings. The molecule has 3 rings (SSSR count). The standard InChI is InChI=1S/C13H12BrN5O2S/c1-21-11(20)7-18-5-8(3-16-18)9-4-15-12-13(22-2)17-10(14)6-19(9)12/h3-6H,7H2,1-2H3. The van der Waals surface area contributed by atoms with Gasteiger partial charge in [0, 0.05) is 18.0 Å². The number of rotatable bonds is 4. The van der Waals surface area contributed by atoms with Crippen molar-refractivity contribution in [2.24, 2.45) is 0 Å². The summed E-state index contributed by atoms with van der Waals surface area (Å²) >= 11 is 4.94. The Hall–Kier alpha value is -1.87. The van der Waals surface area contributed by atoms with Crippen molar-refractivity contribution in [3.63, 3.8) is 0 Å². The normalized spacial score (nSPS) is 11.0. The van der Waals surface area contributed by atoms with Gasteiger partial charge in [0.25, 0.3) is 0 Å². The molecule has 114 valence electrons. The summed E-state index contributed by atoms with van der Waals surface area (Å²) in [7, 11) is 1.35. The van der Waals surface area contributed by atoms with Crippen LogP contribution in [-0.4, -0.2) is 43.5 Å². The van der Waals surface area contributed by atoms with Gasteiger partial charge in [0.15, 0.2) is 5.65 Å². The lowest BCUT2D eigenvalue weighted by molar-refractivity contribution is -0.141. The molecule has 0 radical (unpaired) electrons. The minimum absolute atomic E-state index is 0.0779. The van der Waals surface area contributed by atoms with Gasteiger partial charge in [0.1, 0.15) is 16.2 Å². The number of imidazole rings is 1. The number of esters is 1. The maximum atomic E-state index is 11.3. The summed E-state index contributed by atoms with van der Waals surface area (Å²) < 4.78 is 8.84. The summed E-state index contributed by atoms with van der Waals surface area (Å²) in [6, 6.07) is 0. The third-order valence-corrected chi connectivity index (χ3v) is 4.12. The van der Waals surface area contributed by atoms with Crippen LogP contribution in [0.2, 0.25) is 0 Å². The van der Waals surface area contributed by atoms with Gasteiger partial charge in [0.2, 0.25) is 0 Å². The van der Waals surface area contributed by atoms with Crippen LogP contribution in [0.3, 0.4) is 0 Å². The Kier molecular flexibility index (Phi) is 4.16. The molecule has 0 bridgehead atoms. The number of nitrogens with zero attached hydrogens (tertiary/aromatic N) is 5. The minimum Gasteiger partial charge on any atom is -0.468 e. The first-order chi connectivity index (χ1) is 10.6. The van der Waals surface area contributed by atoms with Gasteiger partial charge in [-0.25, -0.2) is 9.97 Å². The number of fused-ring (bicyclic) bond motifs is 1. The van der Waals surface area contributed by atoms with E-state index in [0.29, 0.717) is 0 Å². The molecule has 0 N–H and O–H groups in total. The van der Waals surface area contributed by atoms with Crippen LogP contribution in [0.4, 0.5) is 0 Å². The molecule has 0 aliphatic heterocycles. The Morgan fingerprint density at radius 3 is 2.95 bits per heavy atom. The van der Waals surface area contributed by atoms with Crippen molar-refractivity contribution in [3.8, 4) is 11.3 Å². The fourth-order valence-corrected chi connectivity index (χ4v) is 3.08. The number of carbonyl (C=O) groups excluding carboxylic acids is 1. The van der Waals surface area contributed by atoms with Gasteiger partial charge in [-0.3, -0.25) is 13.9 Å². The summed E-state index contributed by atoms with van der Waals surface area (Å²) in [4.78, 5) is 20.1. The second-order valence-electron chi connectivity index (χ2n) is 4.41. The Labute approximate surface area is 138 Å². The van der Waals surface area contributed by atoms with Crippen LogP contribution in [0.25, 0.3) is 16.9 Å². The summed E-state index contributed by atoms with van der Waals surface area (Å²) in [5.74, 6) is -0.343. The predicted octanol–water partition coefficient (Wildman–Crippen LogP) is 2.25. The highest BCUT2D eigenvalue weighted by Gasteiger charge is 2.13. The number of carbonyl (C=O) groups is 1. The Morgan fingerprint density at radius 2 is 2.23 bits per heavy atom. The molecule has 0 aromatic carbocycles. The van der Waals surface area contributed by atoms with Crippen LogP contribution in [0.5, 0.6) is 0 Å². The molecule has 22 heavy (non-hydrogen) atoms. The summed E-state index contributed by atoms with van der Waals surface area (Å²) in [5.41, 5.74) is 2.53. The molecule has 7 nitrogen and oxygen atoms in total.